The molecule has 20 heavy (non-hydrogen) atoms. The SMILES string of the molecule is N#Cc1sccc1S(=O)(=O)NC1(CC(=O)O)CCOC1. The summed E-state index contributed by atoms with van der Waals surface area (Å²) in [5, 5.41) is 19.3. The Bertz CT molecular complexity index is 653. The minimum Gasteiger partial charge on any atom is -0.481 e. The molecule has 7 nitrogen and oxygen atoms in total. The first kappa shape index (κ1) is 14.9. The summed E-state index contributed by atoms with van der Waals surface area (Å²) in [7, 11) is -3.95. The van der Waals surface area contributed by atoms with Gasteiger partial charge in [0.1, 0.15) is 15.8 Å². The van der Waals surface area contributed by atoms with Crippen molar-refractivity contribution in [1.29, 1.82) is 5.26 Å². The average Bonchev–Trinajstić information content (AvgIpc) is 2.96. The summed E-state index contributed by atoms with van der Waals surface area (Å²) >= 11 is 1.02. The van der Waals surface area contributed by atoms with Gasteiger partial charge in [-0.2, -0.15) is 5.26 Å². The first-order valence-corrected chi connectivity index (χ1v) is 8.06. The third kappa shape index (κ3) is 2.99. The number of rotatable bonds is 5. The molecule has 1 aromatic rings. The Kier molecular flexibility index (Phi) is 4.10. The Morgan fingerprint density at radius 2 is 2.40 bits per heavy atom. The molecule has 1 aliphatic rings. The summed E-state index contributed by atoms with van der Waals surface area (Å²) in [5.74, 6) is -1.11. The second kappa shape index (κ2) is 5.49. The molecule has 2 N–H and O–H groups in total. The lowest BCUT2D eigenvalue weighted by Crippen LogP contribution is -2.50. The number of carbonyl (C=O) groups is 1. The van der Waals surface area contributed by atoms with E-state index in [0.29, 0.717) is 6.61 Å². The lowest BCUT2D eigenvalue weighted by atomic mass is 9.96. The van der Waals surface area contributed by atoms with Gasteiger partial charge in [0.2, 0.25) is 10.0 Å². The number of nitrogens with zero attached hydrogens (tertiary/aromatic N) is 1. The van der Waals surface area contributed by atoms with Crippen molar-refractivity contribution in [3.63, 3.8) is 0 Å². The van der Waals surface area contributed by atoms with Crippen molar-refractivity contribution < 1.29 is 23.1 Å². The van der Waals surface area contributed by atoms with Gasteiger partial charge in [0, 0.05) is 6.61 Å². The highest BCUT2D eigenvalue weighted by Gasteiger charge is 2.41. The molecule has 1 aliphatic heterocycles. The van der Waals surface area contributed by atoms with E-state index in [2.05, 4.69) is 4.72 Å². The minimum atomic E-state index is -3.95. The largest absolute Gasteiger partial charge is 0.481 e. The van der Waals surface area contributed by atoms with Crippen LogP contribution in [0.1, 0.15) is 17.7 Å². The van der Waals surface area contributed by atoms with Crippen molar-refractivity contribution in [3.05, 3.63) is 16.3 Å². The van der Waals surface area contributed by atoms with Crippen LogP contribution in [0.3, 0.4) is 0 Å². The highest BCUT2D eigenvalue weighted by molar-refractivity contribution is 7.89. The zero-order valence-corrected chi connectivity index (χ0v) is 12.0. The van der Waals surface area contributed by atoms with Crippen molar-refractivity contribution >= 4 is 27.3 Å². The van der Waals surface area contributed by atoms with Gasteiger partial charge in [0.15, 0.2) is 0 Å². The summed E-state index contributed by atoms with van der Waals surface area (Å²) in [6.07, 6.45) is -0.0805. The van der Waals surface area contributed by atoms with Crippen molar-refractivity contribution in [1.82, 2.24) is 4.72 Å². The summed E-state index contributed by atoms with van der Waals surface area (Å²) in [4.78, 5) is 10.9. The van der Waals surface area contributed by atoms with Crippen LogP contribution in [0.5, 0.6) is 0 Å². The quantitative estimate of drug-likeness (QED) is 0.818. The monoisotopic (exact) mass is 316 g/mol. The van der Waals surface area contributed by atoms with E-state index in [1.54, 1.807) is 0 Å². The topological polar surface area (TPSA) is 116 Å². The molecule has 0 spiro atoms. The van der Waals surface area contributed by atoms with Gasteiger partial charge in [-0.1, -0.05) is 0 Å². The number of carboxylic acid groups (broad SMARTS) is 1. The zero-order chi connectivity index (χ0) is 14.8. The molecule has 2 heterocycles. The van der Waals surface area contributed by atoms with E-state index in [9.17, 15) is 13.2 Å². The maximum Gasteiger partial charge on any atom is 0.305 e. The molecule has 9 heteroatoms. The third-order valence-corrected chi connectivity index (χ3v) is 5.53. The van der Waals surface area contributed by atoms with Gasteiger partial charge in [-0.15, -0.1) is 11.3 Å². The minimum absolute atomic E-state index is 0.00452. The van der Waals surface area contributed by atoms with Crippen molar-refractivity contribution in [2.75, 3.05) is 13.2 Å². The Balaban J connectivity index is 2.31. The number of carboxylic acids is 1. The molecule has 0 aliphatic carbocycles. The van der Waals surface area contributed by atoms with Gasteiger partial charge in [-0.25, -0.2) is 13.1 Å². The fourth-order valence-corrected chi connectivity index (χ4v) is 4.67. The average molecular weight is 316 g/mol. The number of aliphatic carboxylic acids is 1. The summed E-state index contributed by atoms with van der Waals surface area (Å²) in [5.41, 5.74) is -1.15. The van der Waals surface area contributed by atoms with Crippen LogP contribution in [0.4, 0.5) is 0 Å². The molecule has 1 atom stereocenters. The Hall–Kier alpha value is -1.47. The van der Waals surface area contributed by atoms with E-state index >= 15 is 0 Å². The molecule has 0 saturated carbocycles. The van der Waals surface area contributed by atoms with E-state index in [1.165, 1.54) is 11.4 Å². The molecule has 0 amide bonds. The Morgan fingerprint density at radius 1 is 1.65 bits per heavy atom. The number of ether oxygens (including phenoxy) is 1. The molecule has 1 aromatic heterocycles. The first-order chi connectivity index (χ1) is 9.38. The van der Waals surface area contributed by atoms with Gasteiger partial charge in [0.25, 0.3) is 0 Å². The van der Waals surface area contributed by atoms with Crippen molar-refractivity contribution in [2.24, 2.45) is 0 Å². The second-order valence-corrected chi connectivity index (χ2v) is 7.05. The van der Waals surface area contributed by atoms with Crippen molar-refractivity contribution in [2.45, 2.75) is 23.3 Å². The first-order valence-electron chi connectivity index (χ1n) is 5.70. The number of sulfonamides is 1. The van der Waals surface area contributed by atoms with Gasteiger partial charge < -0.3 is 9.84 Å². The number of nitriles is 1. The zero-order valence-electron chi connectivity index (χ0n) is 10.3. The molecular weight excluding hydrogens is 304 g/mol. The molecule has 0 aromatic carbocycles. The van der Waals surface area contributed by atoms with E-state index in [-0.39, 0.29) is 29.2 Å². The Labute approximate surface area is 119 Å². The van der Waals surface area contributed by atoms with Gasteiger partial charge in [-0.05, 0) is 17.9 Å². The van der Waals surface area contributed by atoms with Crippen molar-refractivity contribution in [3.8, 4) is 6.07 Å². The fraction of sp³-hybridized carbons (Fsp3) is 0.455. The van der Waals surface area contributed by atoms with Crippen LogP contribution in [0, 0.1) is 11.3 Å². The molecule has 1 saturated heterocycles. The molecule has 2 rings (SSSR count). The van der Waals surface area contributed by atoms with Gasteiger partial charge in [0.05, 0.1) is 18.6 Å². The second-order valence-electron chi connectivity index (χ2n) is 4.48. The number of hydrogen-bond acceptors (Lipinski definition) is 6. The predicted octanol–water partition coefficient (Wildman–Crippen LogP) is 0.532. The smallest absolute Gasteiger partial charge is 0.305 e. The van der Waals surface area contributed by atoms with E-state index in [4.69, 9.17) is 15.1 Å². The number of thiophene rings is 1. The van der Waals surface area contributed by atoms with E-state index < -0.39 is 21.5 Å². The maximum atomic E-state index is 12.3. The fourth-order valence-electron chi connectivity index (χ4n) is 2.08. The van der Waals surface area contributed by atoms with E-state index in [0.717, 1.165) is 11.3 Å². The highest BCUT2D eigenvalue weighted by Crippen LogP contribution is 2.28. The molecule has 0 bridgehead atoms. The normalized spacial score (nSPS) is 22.6. The van der Waals surface area contributed by atoms with E-state index in [1.807, 2.05) is 6.07 Å². The number of hydrogen-bond donors (Lipinski definition) is 2. The molecular formula is C11H12N2O5S2. The lowest BCUT2D eigenvalue weighted by Gasteiger charge is -2.26. The summed E-state index contributed by atoms with van der Waals surface area (Å²) in [6.45, 7) is 0.301. The van der Waals surface area contributed by atoms with Crippen LogP contribution < -0.4 is 4.72 Å². The summed E-state index contributed by atoms with van der Waals surface area (Å²) in [6, 6.07) is 3.14. The third-order valence-electron chi connectivity index (χ3n) is 2.96. The van der Waals surface area contributed by atoms with Crippen LogP contribution in [0.15, 0.2) is 16.3 Å². The van der Waals surface area contributed by atoms with Crippen LogP contribution in [-0.2, 0) is 19.6 Å². The standard InChI is InChI=1S/C11H12N2O5S2/c12-6-8-9(1-4-19-8)20(16,17)13-11(5-10(14)15)2-3-18-7-11/h1,4,13H,2-3,5,7H2,(H,14,15). The maximum absolute atomic E-state index is 12.3. The van der Waals surface area contributed by atoms with Crippen LogP contribution >= 0.6 is 11.3 Å². The van der Waals surface area contributed by atoms with Gasteiger partial charge >= 0.3 is 5.97 Å². The lowest BCUT2D eigenvalue weighted by molar-refractivity contribution is -0.138. The Morgan fingerprint density at radius 3 is 2.95 bits per heavy atom. The summed E-state index contributed by atoms with van der Waals surface area (Å²) < 4.78 is 32.2. The van der Waals surface area contributed by atoms with Gasteiger partial charge in [-0.3, -0.25) is 4.79 Å². The number of nitrogens with one attached hydrogen (secondary N) is 1. The highest BCUT2D eigenvalue weighted by atomic mass is 32.2. The predicted molar refractivity (Wildman–Crippen MR) is 69.8 cm³/mol. The molecule has 108 valence electrons. The molecule has 1 fully saturated rings. The van der Waals surface area contributed by atoms with Crippen LogP contribution in [0.2, 0.25) is 0 Å². The molecule has 0 radical (unpaired) electrons. The van der Waals surface area contributed by atoms with Crippen LogP contribution in [0.25, 0.3) is 0 Å². The van der Waals surface area contributed by atoms with Crippen LogP contribution in [-0.4, -0.2) is 38.2 Å². The molecule has 1 unspecified atom stereocenters.